The molecule has 24 nitrogen and oxygen atoms in total. The number of hydrogen-bond donors (Lipinski definition) is 13. The number of rotatable bonds is 27. The van der Waals surface area contributed by atoms with Crippen LogP contribution in [0.2, 0.25) is 0 Å². The predicted octanol–water partition coefficient (Wildman–Crippen LogP) is -3.40. The number of benzene rings is 1. The van der Waals surface area contributed by atoms with E-state index in [1.807, 2.05) is 0 Å². The Kier molecular flexibility index (Phi) is 23.1. The third kappa shape index (κ3) is 19.6. The number of carboxylic acids is 2. The van der Waals surface area contributed by atoms with Gasteiger partial charge in [-0.05, 0) is 55.7 Å². The van der Waals surface area contributed by atoms with E-state index in [1.165, 1.54) is 46.8 Å². The fourth-order valence-electron chi connectivity index (χ4n) is 5.90. The summed E-state index contributed by atoms with van der Waals surface area (Å²) < 4.78 is 0. The number of nitrogens with two attached hydrogens (primary N) is 2. The van der Waals surface area contributed by atoms with Crippen molar-refractivity contribution in [3.8, 4) is 5.75 Å². The van der Waals surface area contributed by atoms with Crippen molar-refractivity contribution in [2.75, 3.05) is 6.54 Å². The SMILES string of the molecule is CCC(C)C(NC(=O)C(CC(=O)O)NC(=O)C(CC(N)=O)NC(=O)C(NC(=O)C(NC(=O)C(C)NC(=O)CNC(=O)C(C)NC(=O)C(N)Cc1ccc(O)cc1)C(C)C)C(C)C)C(=O)O. The molecule has 1 aromatic rings. The molecule has 1 aromatic carbocycles. The smallest absolute Gasteiger partial charge is 0.326 e. The van der Waals surface area contributed by atoms with Crippen LogP contribution in [0.1, 0.15) is 80.2 Å². The van der Waals surface area contributed by atoms with Crippen molar-refractivity contribution >= 4 is 65.1 Å². The van der Waals surface area contributed by atoms with Gasteiger partial charge in [0.1, 0.15) is 48.0 Å². The molecule has 0 spiro atoms. The lowest BCUT2D eigenvalue weighted by Crippen LogP contribution is -2.61. The number of hydrogen-bond acceptors (Lipinski definition) is 13. The van der Waals surface area contributed by atoms with Crippen molar-refractivity contribution in [2.24, 2.45) is 29.2 Å². The molecular formula is C41H64N10O14. The topological polar surface area (TPSA) is 397 Å². The van der Waals surface area contributed by atoms with Crippen LogP contribution in [0.15, 0.2) is 24.3 Å². The van der Waals surface area contributed by atoms with E-state index in [0.29, 0.717) is 12.0 Å². The van der Waals surface area contributed by atoms with Gasteiger partial charge in [0.15, 0.2) is 0 Å². The Balaban J connectivity index is 2.96. The van der Waals surface area contributed by atoms with Gasteiger partial charge in [0.2, 0.25) is 53.2 Å². The van der Waals surface area contributed by atoms with E-state index in [-0.39, 0.29) is 12.2 Å². The minimum atomic E-state index is -1.85. The molecule has 9 amide bonds. The highest BCUT2D eigenvalue weighted by Crippen LogP contribution is 2.12. The second-order valence-electron chi connectivity index (χ2n) is 16.3. The number of primary amides is 1. The van der Waals surface area contributed by atoms with Crippen molar-refractivity contribution in [1.82, 2.24) is 42.5 Å². The lowest BCUT2D eigenvalue weighted by atomic mass is 9.98. The van der Waals surface area contributed by atoms with Gasteiger partial charge in [-0.15, -0.1) is 0 Å². The van der Waals surface area contributed by atoms with E-state index in [9.17, 15) is 68.1 Å². The van der Waals surface area contributed by atoms with Crippen LogP contribution in [-0.4, -0.2) is 135 Å². The molecular weight excluding hydrogens is 857 g/mol. The highest BCUT2D eigenvalue weighted by Gasteiger charge is 2.36. The third-order valence-electron chi connectivity index (χ3n) is 10.00. The quantitative estimate of drug-likeness (QED) is 0.0409. The minimum absolute atomic E-state index is 0.0409. The third-order valence-corrected chi connectivity index (χ3v) is 10.00. The van der Waals surface area contributed by atoms with Crippen LogP contribution >= 0.6 is 0 Å². The van der Waals surface area contributed by atoms with Gasteiger partial charge >= 0.3 is 11.9 Å². The fourth-order valence-corrected chi connectivity index (χ4v) is 5.90. The van der Waals surface area contributed by atoms with Crippen LogP contribution in [0, 0.1) is 17.8 Å². The molecule has 0 heterocycles. The molecule has 24 heteroatoms. The van der Waals surface area contributed by atoms with Gasteiger partial charge in [-0.1, -0.05) is 60.1 Å². The molecule has 9 unspecified atom stereocenters. The van der Waals surface area contributed by atoms with E-state index < -0.39 is 151 Å². The molecule has 1 rings (SSSR count). The first-order chi connectivity index (χ1) is 30.2. The normalized spacial score (nSPS) is 15.2. The lowest BCUT2D eigenvalue weighted by molar-refractivity contribution is -0.145. The molecule has 0 aromatic heterocycles. The maximum atomic E-state index is 13.6. The van der Waals surface area contributed by atoms with Crippen LogP contribution in [-0.2, 0) is 59.2 Å². The maximum absolute atomic E-state index is 13.6. The second-order valence-corrected chi connectivity index (χ2v) is 16.3. The van der Waals surface area contributed by atoms with Crippen molar-refractivity contribution in [3.05, 3.63) is 29.8 Å². The summed E-state index contributed by atoms with van der Waals surface area (Å²) in [5.74, 6) is -13.2. The molecule has 0 aliphatic heterocycles. The van der Waals surface area contributed by atoms with Crippen LogP contribution in [0.3, 0.4) is 0 Å². The standard InChI is InChI=1S/C41H64N10O14/c1-9-20(6)33(41(64)65)51-38(61)27(16-30(55)56)47-37(60)26(15-28(43)53)48-39(62)31(18(2)3)50-40(63)32(19(4)5)49-35(58)22(8)45-29(54)17-44-34(57)21(7)46-36(59)25(42)14-23-10-12-24(52)13-11-23/h10-13,18-22,25-27,31-33,52H,9,14-17,42H2,1-8H3,(H2,43,53)(H,44,57)(H,45,54)(H,46,59)(H,47,60)(H,48,62)(H,49,58)(H,50,63)(H,51,61)(H,55,56)(H,64,65). The first-order valence-electron chi connectivity index (χ1n) is 20.8. The Morgan fingerprint density at radius 3 is 1.52 bits per heavy atom. The number of carboxylic acid groups (broad SMARTS) is 2. The van der Waals surface area contributed by atoms with E-state index in [2.05, 4.69) is 42.5 Å². The summed E-state index contributed by atoms with van der Waals surface area (Å²) in [6, 6.07) is -5.13. The van der Waals surface area contributed by atoms with Gasteiger partial charge in [0.25, 0.3) is 0 Å². The molecule has 0 saturated carbocycles. The number of carbonyl (C=O) groups excluding carboxylic acids is 9. The first kappa shape index (κ1) is 56.2. The molecule has 0 aliphatic rings. The van der Waals surface area contributed by atoms with Crippen LogP contribution in [0.5, 0.6) is 5.75 Å². The van der Waals surface area contributed by atoms with Crippen LogP contribution < -0.4 is 54.0 Å². The average molecular weight is 921 g/mol. The van der Waals surface area contributed by atoms with E-state index in [4.69, 9.17) is 11.5 Å². The maximum Gasteiger partial charge on any atom is 0.326 e. The average Bonchev–Trinajstić information content (AvgIpc) is 3.21. The summed E-state index contributed by atoms with van der Waals surface area (Å²) in [4.78, 5) is 140. The summed E-state index contributed by atoms with van der Waals surface area (Å²) in [6.07, 6.45) is -1.40. The largest absolute Gasteiger partial charge is 0.508 e. The van der Waals surface area contributed by atoms with Gasteiger partial charge in [-0.25, -0.2) is 4.79 Å². The lowest BCUT2D eigenvalue weighted by Gasteiger charge is -2.29. The zero-order chi connectivity index (χ0) is 49.9. The number of phenolic OH excluding ortho intramolecular Hbond substituents is 1. The number of carbonyl (C=O) groups is 11. The van der Waals surface area contributed by atoms with Crippen molar-refractivity contribution < 1.29 is 68.1 Å². The Hall–Kier alpha value is -6.85. The van der Waals surface area contributed by atoms with Gasteiger partial charge < -0.3 is 69.3 Å². The van der Waals surface area contributed by atoms with Gasteiger partial charge in [-0.3, -0.25) is 47.9 Å². The van der Waals surface area contributed by atoms with Crippen LogP contribution in [0.25, 0.3) is 0 Å². The fraction of sp³-hybridized carbons (Fsp3) is 0.585. The monoisotopic (exact) mass is 920 g/mol. The highest BCUT2D eigenvalue weighted by molar-refractivity contribution is 5.99. The van der Waals surface area contributed by atoms with Crippen molar-refractivity contribution in [3.63, 3.8) is 0 Å². The number of amides is 9. The predicted molar refractivity (Wildman–Crippen MR) is 230 cm³/mol. The van der Waals surface area contributed by atoms with E-state index in [1.54, 1.807) is 32.9 Å². The molecule has 65 heavy (non-hydrogen) atoms. The van der Waals surface area contributed by atoms with Gasteiger partial charge in [0.05, 0.1) is 25.4 Å². The molecule has 362 valence electrons. The first-order valence-corrected chi connectivity index (χ1v) is 20.8. The van der Waals surface area contributed by atoms with Gasteiger partial charge in [-0.2, -0.15) is 0 Å². The second kappa shape index (κ2) is 26.7. The van der Waals surface area contributed by atoms with E-state index in [0.717, 1.165) is 0 Å². The summed E-state index contributed by atoms with van der Waals surface area (Å²) in [6.45, 7) is 11.5. The summed E-state index contributed by atoms with van der Waals surface area (Å²) in [5, 5.41) is 47.2. The molecule has 0 radical (unpaired) electrons. The summed E-state index contributed by atoms with van der Waals surface area (Å²) in [7, 11) is 0. The summed E-state index contributed by atoms with van der Waals surface area (Å²) in [5.41, 5.74) is 11.9. The van der Waals surface area contributed by atoms with Crippen molar-refractivity contribution in [1.29, 1.82) is 0 Å². The Bertz CT molecular complexity index is 1890. The molecule has 15 N–H and O–H groups in total. The molecule has 9 atom stereocenters. The number of aliphatic carboxylic acids is 2. The Morgan fingerprint density at radius 1 is 0.569 bits per heavy atom. The minimum Gasteiger partial charge on any atom is -0.508 e. The zero-order valence-corrected chi connectivity index (χ0v) is 37.7. The van der Waals surface area contributed by atoms with Gasteiger partial charge in [0, 0.05) is 0 Å². The highest BCUT2D eigenvalue weighted by atomic mass is 16.4. The Morgan fingerprint density at radius 2 is 1.03 bits per heavy atom. The molecule has 0 fully saturated rings. The number of phenols is 1. The van der Waals surface area contributed by atoms with Crippen LogP contribution in [0.4, 0.5) is 0 Å². The molecule has 0 saturated heterocycles. The number of nitrogens with one attached hydrogen (secondary N) is 8. The molecule has 0 aliphatic carbocycles. The zero-order valence-electron chi connectivity index (χ0n) is 37.7. The Labute approximate surface area is 375 Å². The summed E-state index contributed by atoms with van der Waals surface area (Å²) >= 11 is 0. The number of aromatic hydroxyl groups is 1. The van der Waals surface area contributed by atoms with E-state index >= 15 is 0 Å². The molecule has 0 bridgehead atoms. The van der Waals surface area contributed by atoms with Crippen molar-refractivity contribution in [2.45, 2.75) is 129 Å².